The maximum atomic E-state index is 5.53. The zero-order chi connectivity index (χ0) is 9.68. The van der Waals surface area contributed by atoms with Crippen molar-refractivity contribution in [2.24, 2.45) is 0 Å². The van der Waals surface area contributed by atoms with Gasteiger partial charge in [-0.3, -0.25) is 0 Å². The van der Waals surface area contributed by atoms with Crippen LogP contribution in [0.3, 0.4) is 0 Å². The first-order valence-corrected chi connectivity index (χ1v) is 6.80. The molecule has 0 bridgehead atoms. The highest BCUT2D eigenvalue weighted by atomic mass is 28.3. The number of aryl methyl sites for hydroxylation is 2. The minimum absolute atomic E-state index is 0.528. The Hall–Kier alpha value is -0.426. The van der Waals surface area contributed by atoms with Gasteiger partial charge in [-0.05, 0) is 19.0 Å². The van der Waals surface area contributed by atoms with Crippen molar-refractivity contribution in [2.45, 2.75) is 13.8 Å². The smallest absolute Gasteiger partial charge is 0.293 e. The zero-order valence-electron chi connectivity index (χ0n) is 8.46. The van der Waals surface area contributed by atoms with Gasteiger partial charge in [0.25, 0.3) is 10.0 Å². The molecule has 2 nitrogen and oxygen atoms in total. The van der Waals surface area contributed by atoms with Gasteiger partial charge in [0.2, 0.25) is 0 Å². The Bertz CT molecular complexity index is 256. The number of benzene rings is 1. The van der Waals surface area contributed by atoms with E-state index in [2.05, 4.69) is 32.0 Å². The van der Waals surface area contributed by atoms with Crippen LogP contribution < -0.4 is 5.19 Å². The second-order valence-corrected chi connectivity index (χ2v) is 6.80. The Kier molecular flexibility index (Phi) is 4.37. The standard InChI is InChI=1S/C9H16O2Si2/c1-7-4-8(2)6-9(5-7)12-11-13-10-3/h4-6H,12-13H2,1-3H3. The Labute approximate surface area is 84.3 Å². The number of hydrogen-bond acceptors (Lipinski definition) is 2. The van der Waals surface area contributed by atoms with Crippen LogP contribution in [0.4, 0.5) is 0 Å². The molecule has 0 N–H and O–H groups in total. The lowest BCUT2D eigenvalue weighted by molar-refractivity contribution is 0.374. The van der Waals surface area contributed by atoms with E-state index in [1.165, 1.54) is 16.3 Å². The fourth-order valence-electron chi connectivity index (χ4n) is 1.40. The first kappa shape index (κ1) is 10.7. The second kappa shape index (κ2) is 5.34. The van der Waals surface area contributed by atoms with Crippen molar-refractivity contribution >= 4 is 25.0 Å². The maximum absolute atomic E-state index is 5.53. The molecule has 1 rings (SSSR count). The molecule has 72 valence electrons. The summed E-state index contributed by atoms with van der Waals surface area (Å²) in [6.07, 6.45) is 0. The summed E-state index contributed by atoms with van der Waals surface area (Å²) in [6, 6.07) is 6.61. The lowest BCUT2D eigenvalue weighted by atomic mass is 10.2. The Balaban J connectivity index is 2.56. The van der Waals surface area contributed by atoms with Crippen LogP contribution in [0.5, 0.6) is 0 Å². The van der Waals surface area contributed by atoms with Crippen LogP contribution in [0.15, 0.2) is 18.2 Å². The molecule has 0 amide bonds. The summed E-state index contributed by atoms with van der Waals surface area (Å²) in [6.45, 7) is 4.25. The van der Waals surface area contributed by atoms with Gasteiger partial charge in [-0.15, -0.1) is 0 Å². The molecule has 0 aliphatic heterocycles. The quantitative estimate of drug-likeness (QED) is 0.503. The summed E-state index contributed by atoms with van der Waals surface area (Å²) in [5.41, 5.74) is 2.65. The van der Waals surface area contributed by atoms with Crippen molar-refractivity contribution in [3.63, 3.8) is 0 Å². The van der Waals surface area contributed by atoms with Crippen LogP contribution in [0.25, 0.3) is 0 Å². The summed E-state index contributed by atoms with van der Waals surface area (Å²) in [4.78, 5) is 0. The van der Waals surface area contributed by atoms with Crippen LogP contribution in [-0.2, 0) is 8.54 Å². The molecule has 0 fully saturated rings. The molecular formula is C9H16O2Si2. The van der Waals surface area contributed by atoms with Crippen molar-refractivity contribution in [2.75, 3.05) is 7.11 Å². The van der Waals surface area contributed by atoms with E-state index < -0.39 is 19.8 Å². The van der Waals surface area contributed by atoms with Crippen molar-refractivity contribution in [1.29, 1.82) is 0 Å². The summed E-state index contributed by atoms with van der Waals surface area (Å²) < 4.78 is 10.5. The highest BCUT2D eigenvalue weighted by Gasteiger charge is 1.96. The van der Waals surface area contributed by atoms with E-state index in [1.807, 2.05) is 0 Å². The van der Waals surface area contributed by atoms with Gasteiger partial charge < -0.3 is 8.54 Å². The van der Waals surface area contributed by atoms with Gasteiger partial charge in [-0.1, -0.05) is 29.3 Å². The molecule has 0 heterocycles. The van der Waals surface area contributed by atoms with Crippen LogP contribution in [0.2, 0.25) is 0 Å². The summed E-state index contributed by atoms with van der Waals surface area (Å²) in [5.74, 6) is 0. The molecular weight excluding hydrogens is 196 g/mol. The lowest BCUT2D eigenvalue weighted by Gasteiger charge is -2.04. The third-order valence-corrected chi connectivity index (χ3v) is 4.21. The Morgan fingerprint density at radius 1 is 1.08 bits per heavy atom. The van der Waals surface area contributed by atoms with Gasteiger partial charge in [-0.25, -0.2) is 0 Å². The largest absolute Gasteiger partial charge is 0.441 e. The van der Waals surface area contributed by atoms with Crippen molar-refractivity contribution < 1.29 is 8.54 Å². The molecule has 13 heavy (non-hydrogen) atoms. The van der Waals surface area contributed by atoms with Crippen LogP contribution in [-0.4, -0.2) is 26.9 Å². The molecule has 0 saturated carbocycles. The van der Waals surface area contributed by atoms with Crippen molar-refractivity contribution in [3.05, 3.63) is 29.3 Å². The number of rotatable bonds is 4. The van der Waals surface area contributed by atoms with E-state index in [9.17, 15) is 0 Å². The predicted molar refractivity (Wildman–Crippen MR) is 60.7 cm³/mol. The molecule has 0 spiro atoms. The molecule has 0 unspecified atom stereocenters. The van der Waals surface area contributed by atoms with E-state index >= 15 is 0 Å². The van der Waals surface area contributed by atoms with Gasteiger partial charge in [-0.2, -0.15) is 0 Å². The van der Waals surface area contributed by atoms with Gasteiger partial charge >= 0.3 is 0 Å². The third kappa shape index (κ3) is 3.86. The molecule has 0 atom stereocenters. The van der Waals surface area contributed by atoms with E-state index in [4.69, 9.17) is 8.54 Å². The molecule has 1 aromatic rings. The molecule has 4 heteroatoms. The van der Waals surface area contributed by atoms with E-state index in [-0.39, 0.29) is 0 Å². The summed E-state index contributed by atoms with van der Waals surface area (Å²) in [7, 11) is 0.497. The van der Waals surface area contributed by atoms with Gasteiger partial charge in [0.15, 0.2) is 9.76 Å². The van der Waals surface area contributed by atoms with Crippen molar-refractivity contribution in [1.82, 2.24) is 0 Å². The molecule has 0 aromatic heterocycles. The average molecular weight is 212 g/mol. The molecule has 0 saturated heterocycles. The third-order valence-electron chi connectivity index (χ3n) is 1.75. The van der Waals surface area contributed by atoms with Gasteiger partial charge in [0.05, 0.1) is 0 Å². The van der Waals surface area contributed by atoms with Crippen LogP contribution in [0.1, 0.15) is 11.1 Å². The Morgan fingerprint density at radius 2 is 1.69 bits per heavy atom. The minimum Gasteiger partial charge on any atom is -0.441 e. The van der Waals surface area contributed by atoms with Crippen LogP contribution in [0, 0.1) is 13.8 Å². The fourth-order valence-corrected chi connectivity index (χ4v) is 4.15. The fraction of sp³-hybridized carbons (Fsp3) is 0.333. The first-order chi connectivity index (χ1) is 6.22. The molecule has 1 aromatic carbocycles. The Morgan fingerprint density at radius 3 is 2.23 bits per heavy atom. The van der Waals surface area contributed by atoms with E-state index in [0.717, 1.165) is 0 Å². The summed E-state index contributed by atoms with van der Waals surface area (Å²) >= 11 is 0. The minimum atomic E-state index is -0.685. The maximum Gasteiger partial charge on any atom is 0.293 e. The first-order valence-electron chi connectivity index (χ1n) is 4.36. The van der Waals surface area contributed by atoms with Gasteiger partial charge in [0.1, 0.15) is 0 Å². The zero-order valence-corrected chi connectivity index (χ0v) is 11.3. The van der Waals surface area contributed by atoms with Gasteiger partial charge in [0, 0.05) is 7.11 Å². The van der Waals surface area contributed by atoms with E-state index in [0.29, 0.717) is 0 Å². The van der Waals surface area contributed by atoms with E-state index in [1.54, 1.807) is 7.11 Å². The predicted octanol–water partition coefficient (Wildman–Crippen LogP) is -0.326. The topological polar surface area (TPSA) is 18.5 Å². The highest BCUT2D eigenvalue weighted by Crippen LogP contribution is 1.99. The lowest BCUT2D eigenvalue weighted by Crippen LogP contribution is -2.20. The normalized spacial score (nSPS) is 12.2. The monoisotopic (exact) mass is 212 g/mol. The number of hydrogen-bond donors (Lipinski definition) is 0. The van der Waals surface area contributed by atoms with Crippen molar-refractivity contribution in [3.8, 4) is 0 Å². The average Bonchev–Trinajstić information content (AvgIpc) is 2.03. The molecule has 0 aliphatic carbocycles. The SMILES string of the molecule is CO[SiH2]O[SiH2]c1cc(C)cc(C)c1. The molecule has 0 radical (unpaired) electrons. The second-order valence-electron chi connectivity index (χ2n) is 3.25. The van der Waals surface area contributed by atoms with Crippen LogP contribution >= 0.6 is 0 Å². The summed E-state index contributed by atoms with van der Waals surface area (Å²) in [5, 5.41) is 1.38. The molecule has 0 aliphatic rings. The highest BCUT2D eigenvalue weighted by molar-refractivity contribution is 6.52.